The fourth-order valence-electron chi connectivity index (χ4n) is 1.42. The van der Waals surface area contributed by atoms with Crippen LogP contribution in [0.15, 0.2) is 38.7 Å². The standard InChI is InChI=1S/C13H10BrN3S/c1-8-9(2)16-17-13(10(8)7-15)18-12-6-4-3-5-11(12)14/h3-6H,1-2H3. The number of benzene rings is 1. The molecular formula is C13H10BrN3S. The topological polar surface area (TPSA) is 49.6 Å². The molecule has 1 heterocycles. The summed E-state index contributed by atoms with van der Waals surface area (Å²) in [5, 5.41) is 18.1. The van der Waals surface area contributed by atoms with Gasteiger partial charge in [-0.1, -0.05) is 23.9 Å². The molecule has 0 aliphatic carbocycles. The zero-order valence-corrected chi connectivity index (χ0v) is 12.3. The van der Waals surface area contributed by atoms with Crippen molar-refractivity contribution in [3.05, 3.63) is 45.6 Å². The average molecular weight is 320 g/mol. The van der Waals surface area contributed by atoms with Crippen LogP contribution in [0, 0.1) is 25.2 Å². The van der Waals surface area contributed by atoms with Crippen molar-refractivity contribution in [1.82, 2.24) is 10.2 Å². The molecule has 0 radical (unpaired) electrons. The highest BCUT2D eigenvalue weighted by Crippen LogP contribution is 2.34. The number of aromatic nitrogens is 2. The first-order valence-electron chi connectivity index (χ1n) is 5.30. The smallest absolute Gasteiger partial charge is 0.142 e. The molecule has 2 rings (SSSR count). The van der Waals surface area contributed by atoms with Crippen molar-refractivity contribution in [3.63, 3.8) is 0 Å². The summed E-state index contributed by atoms with van der Waals surface area (Å²) in [6.45, 7) is 3.75. The first-order chi connectivity index (χ1) is 8.63. The molecular weight excluding hydrogens is 310 g/mol. The number of hydrogen-bond acceptors (Lipinski definition) is 4. The largest absolute Gasteiger partial charge is 0.192 e. The van der Waals surface area contributed by atoms with Gasteiger partial charge in [-0.05, 0) is 47.5 Å². The predicted octanol–water partition coefficient (Wildman–Crippen LogP) is 3.88. The second-order valence-electron chi connectivity index (χ2n) is 3.73. The van der Waals surface area contributed by atoms with Crippen LogP contribution in [0.1, 0.15) is 16.8 Å². The Kier molecular flexibility index (Phi) is 4.00. The lowest BCUT2D eigenvalue weighted by molar-refractivity contribution is 0.871. The quantitative estimate of drug-likeness (QED) is 0.842. The second kappa shape index (κ2) is 5.51. The van der Waals surface area contributed by atoms with Crippen molar-refractivity contribution in [2.24, 2.45) is 0 Å². The SMILES string of the molecule is Cc1nnc(Sc2ccccc2Br)c(C#N)c1C. The number of hydrogen-bond donors (Lipinski definition) is 0. The number of nitrogens with zero attached hydrogens (tertiary/aromatic N) is 3. The summed E-state index contributed by atoms with van der Waals surface area (Å²) in [6.07, 6.45) is 0. The van der Waals surface area contributed by atoms with Gasteiger partial charge < -0.3 is 0 Å². The van der Waals surface area contributed by atoms with Crippen LogP contribution in [0.5, 0.6) is 0 Å². The maximum atomic E-state index is 9.23. The molecule has 0 N–H and O–H groups in total. The molecule has 5 heteroatoms. The molecule has 0 amide bonds. The van der Waals surface area contributed by atoms with Gasteiger partial charge >= 0.3 is 0 Å². The summed E-state index contributed by atoms with van der Waals surface area (Å²) in [7, 11) is 0. The summed E-state index contributed by atoms with van der Waals surface area (Å²) in [4.78, 5) is 1.02. The van der Waals surface area contributed by atoms with Crippen LogP contribution >= 0.6 is 27.7 Å². The Labute approximate surface area is 118 Å². The molecule has 0 spiro atoms. The molecule has 3 nitrogen and oxygen atoms in total. The Bertz CT molecular complexity index is 635. The molecule has 0 unspecified atom stereocenters. The van der Waals surface area contributed by atoms with E-state index in [9.17, 15) is 5.26 Å². The van der Waals surface area contributed by atoms with Crippen LogP contribution in [0.3, 0.4) is 0 Å². The van der Waals surface area contributed by atoms with Gasteiger partial charge in [0.15, 0.2) is 0 Å². The van der Waals surface area contributed by atoms with E-state index < -0.39 is 0 Å². The number of halogens is 1. The normalized spacial score (nSPS) is 10.1. The van der Waals surface area contributed by atoms with Gasteiger partial charge in [-0.15, -0.1) is 5.10 Å². The zero-order chi connectivity index (χ0) is 13.1. The predicted molar refractivity (Wildman–Crippen MR) is 74.5 cm³/mol. The molecule has 0 aliphatic rings. The lowest BCUT2D eigenvalue weighted by Gasteiger charge is -2.07. The Morgan fingerprint density at radius 1 is 1.22 bits per heavy atom. The monoisotopic (exact) mass is 319 g/mol. The number of rotatable bonds is 2. The van der Waals surface area contributed by atoms with Crippen molar-refractivity contribution in [2.75, 3.05) is 0 Å². The molecule has 0 atom stereocenters. The van der Waals surface area contributed by atoms with Gasteiger partial charge in [-0.25, -0.2) is 0 Å². The van der Waals surface area contributed by atoms with E-state index in [1.807, 2.05) is 38.1 Å². The maximum absolute atomic E-state index is 9.23. The van der Waals surface area contributed by atoms with Crippen LogP contribution in [0.2, 0.25) is 0 Å². The van der Waals surface area contributed by atoms with Gasteiger partial charge in [0.1, 0.15) is 11.1 Å². The summed E-state index contributed by atoms with van der Waals surface area (Å²) < 4.78 is 0.985. The van der Waals surface area contributed by atoms with E-state index >= 15 is 0 Å². The lowest BCUT2D eigenvalue weighted by atomic mass is 10.1. The third-order valence-corrected chi connectivity index (χ3v) is 4.59. The fraction of sp³-hybridized carbons (Fsp3) is 0.154. The van der Waals surface area contributed by atoms with E-state index in [4.69, 9.17) is 0 Å². The number of nitriles is 1. The molecule has 1 aromatic heterocycles. The van der Waals surface area contributed by atoms with Gasteiger partial charge in [0, 0.05) is 9.37 Å². The lowest BCUT2D eigenvalue weighted by Crippen LogP contribution is -1.98. The van der Waals surface area contributed by atoms with Crippen molar-refractivity contribution >= 4 is 27.7 Å². The molecule has 0 bridgehead atoms. The first-order valence-corrected chi connectivity index (χ1v) is 6.90. The van der Waals surface area contributed by atoms with Gasteiger partial charge in [-0.2, -0.15) is 10.4 Å². The highest BCUT2D eigenvalue weighted by Gasteiger charge is 2.13. The van der Waals surface area contributed by atoms with Crippen molar-refractivity contribution in [2.45, 2.75) is 23.8 Å². The van der Waals surface area contributed by atoms with Crippen molar-refractivity contribution in [1.29, 1.82) is 5.26 Å². The Morgan fingerprint density at radius 2 is 1.94 bits per heavy atom. The maximum Gasteiger partial charge on any atom is 0.142 e. The second-order valence-corrected chi connectivity index (χ2v) is 5.62. The molecule has 1 aromatic carbocycles. The van der Waals surface area contributed by atoms with Crippen molar-refractivity contribution < 1.29 is 0 Å². The highest BCUT2D eigenvalue weighted by atomic mass is 79.9. The van der Waals surface area contributed by atoms with E-state index in [1.165, 1.54) is 11.8 Å². The first kappa shape index (κ1) is 13.1. The summed E-state index contributed by atoms with van der Waals surface area (Å²) in [5.41, 5.74) is 2.29. The van der Waals surface area contributed by atoms with Crippen molar-refractivity contribution in [3.8, 4) is 6.07 Å². The molecule has 0 aliphatic heterocycles. The Morgan fingerprint density at radius 3 is 2.61 bits per heavy atom. The molecule has 18 heavy (non-hydrogen) atoms. The van der Waals surface area contributed by atoms with Gasteiger partial charge in [0.2, 0.25) is 0 Å². The molecule has 2 aromatic rings. The van der Waals surface area contributed by atoms with Crippen LogP contribution < -0.4 is 0 Å². The van der Waals surface area contributed by atoms with Crippen LogP contribution in [-0.2, 0) is 0 Å². The fourth-order valence-corrected chi connectivity index (χ4v) is 2.85. The minimum absolute atomic E-state index is 0.600. The average Bonchev–Trinajstić information content (AvgIpc) is 2.37. The third kappa shape index (κ3) is 2.55. The Hall–Kier alpha value is -1.38. The van der Waals surface area contributed by atoms with E-state index in [0.29, 0.717) is 10.6 Å². The molecule has 90 valence electrons. The molecule has 0 saturated heterocycles. The highest BCUT2D eigenvalue weighted by molar-refractivity contribution is 9.10. The summed E-state index contributed by atoms with van der Waals surface area (Å²) in [5.74, 6) is 0. The molecule has 0 fully saturated rings. The van der Waals surface area contributed by atoms with Gasteiger partial charge in [0.25, 0.3) is 0 Å². The van der Waals surface area contributed by atoms with Gasteiger partial charge in [-0.3, -0.25) is 0 Å². The van der Waals surface area contributed by atoms with E-state index in [0.717, 1.165) is 20.6 Å². The van der Waals surface area contributed by atoms with Gasteiger partial charge in [0.05, 0.1) is 11.3 Å². The minimum atomic E-state index is 0.600. The Balaban J connectivity index is 2.45. The summed E-state index contributed by atoms with van der Waals surface area (Å²) >= 11 is 4.93. The number of aryl methyl sites for hydroxylation is 1. The van der Waals surface area contributed by atoms with E-state index in [2.05, 4.69) is 32.2 Å². The molecule has 0 saturated carbocycles. The van der Waals surface area contributed by atoms with E-state index in [1.54, 1.807) is 0 Å². The van der Waals surface area contributed by atoms with E-state index in [-0.39, 0.29) is 0 Å². The van der Waals surface area contributed by atoms with Crippen LogP contribution in [0.25, 0.3) is 0 Å². The zero-order valence-electron chi connectivity index (χ0n) is 9.94. The van der Waals surface area contributed by atoms with Crippen LogP contribution in [0.4, 0.5) is 0 Å². The summed E-state index contributed by atoms with van der Waals surface area (Å²) in [6, 6.07) is 10.0. The van der Waals surface area contributed by atoms with Crippen LogP contribution in [-0.4, -0.2) is 10.2 Å². The minimum Gasteiger partial charge on any atom is -0.192 e. The third-order valence-electron chi connectivity index (χ3n) is 2.58.